The summed E-state index contributed by atoms with van der Waals surface area (Å²) in [4.78, 5) is 25.7. The van der Waals surface area contributed by atoms with Crippen LogP contribution in [0, 0.1) is 0 Å². The summed E-state index contributed by atoms with van der Waals surface area (Å²) in [6.07, 6.45) is 19.7. The van der Waals surface area contributed by atoms with Gasteiger partial charge in [-0.1, -0.05) is 167 Å². The van der Waals surface area contributed by atoms with Crippen LogP contribution in [0.4, 0.5) is 0 Å². The summed E-state index contributed by atoms with van der Waals surface area (Å²) in [7, 11) is 0. The molecule has 2 rings (SSSR count). The zero-order chi connectivity index (χ0) is 47.5. The number of ether oxygens (including phenoxy) is 6. The fourth-order valence-electron chi connectivity index (χ4n) is 8.22. The fraction of sp³-hybridized carbons (Fsp3) is 0.920. The van der Waals surface area contributed by atoms with Crippen molar-refractivity contribution in [3.05, 3.63) is 12.2 Å². The van der Waals surface area contributed by atoms with Gasteiger partial charge in [-0.05, 0) is 32.1 Å². The maximum absolute atomic E-state index is 12.9. The monoisotopic (exact) mass is 933 g/mol. The van der Waals surface area contributed by atoms with Gasteiger partial charge < -0.3 is 64.2 Å². The number of carbonyl (C=O) groups excluding carboxylic acids is 2. The number of rotatable bonds is 40. The molecule has 2 aliphatic rings. The van der Waals surface area contributed by atoms with E-state index in [1.165, 1.54) is 96.3 Å². The van der Waals surface area contributed by atoms with E-state index in [0.29, 0.717) is 12.8 Å². The minimum Gasteiger partial charge on any atom is -0.462 e. The van der Waals surface area contributed by atoms with Crippen LogP contribution in [0.5, 0.6) is 0 Å². The van der Waals surface area contributed by atoms with E-state index < -0.39 is 92.7 Å². The van der Waals surface area contributed by atoms with E-state index in [4.69, 9.17) is 28.4 Å². The highest BCUT2D eigenvalue weighted by molar-refractivity contribution is 5.70. The van der Waals surface area contributed by atoms with Gasteiger partial charge >= 0.3 is 11.9 Å². The van der Waals surface area contributed by atoms with Gasteiger partial charge in [-0.3, -0.25) is 9.59 Å². The molecule has 15 nitrogen and oxygen atoms in total. The molecule has 65 heavy (non-hydrogen) atoms. The van der Waals surface area contributed by atoms with Gasteiger partial charge in [-0.25, -0.2) is 0 Å². The van der Waals surface area contributed by atoms with E-state index in [2.05, 4.69) is 26.0 Å². The molecule has 0 bridgehead atoms. The molecule has 0 amide bonds. The largest absolute Gasteiger partial charge is 0.462 e. The summed E-state index contributed by atoms with van der Waals surface area (Å²) in [6.45, 7) is 2.53. The molecule has 0 radical (unpaired) electrons. The lowest BCUT2D eigenvalue weighted by Gasteiger charge is -2.42. The highest BCUT2D eigenvalue weighted by Gasteiger charge is 2.47. The quantitative estimate of drug-likeness (QED) is 0.0187. The number of unbranched alkanes of at least 4 members (excludes halogenated alkanes) is 24. The SMILES string of the molecule is CCC/C=C\CCCCCCCC(=O)OC(COC(=O)CCCCCCCCCCCCCCCCCCCCC)COC1OC(COC2OC(CO)C(O)C(O)C2O)C(O)C(O)C1O. The molecule has 2 heterocycles. The van der Waals surface area contributed by atoms with Crippen molar-refractivity contribution in [3.63, 3.8) is 0 Å². The Labute approximate surface area is 390 Å². The predicted octanol–water partition coefficient (Wildman–Crippen LogP) is 6.99. The second-order valence-electron chi connectivity index (χ2n) is 18.4. The van der Waals surface area contributed by atoms with E-state index in [1.54, 1.807) is 0 Å². The Bertz CT molecular complexity index is 1190. The molecule has 0 aromatic heterocycles. The summed E-state index contributed by atoms with van der Waals surface area (Å²) in [5, 5.41) is 72.0. The molecule has 0 saturated carbocycles. The van der Waals surface area contributed by atoms with Crippen molar-refractivity contribution in [2.24, 2.45) is 0 Å². The van der Waals surface area contributed by atoms with Gasteiger partial charge in [-0.2, -0.15) is 0 Å². The number of esters is 2. The Kier molecular flexibility index (Phi) is 34.8. The number of allylic oxidation sites excluding steroid dienone is 2. The highest BCUT2D eigenvalue weighted by Crippen LogP contribution is 2.26. The van der Waals surface area contributed by atoms with Crippen molar-refractivity contribution in [2.45, 2.75) is 268 Å². The molecule has 0 spiro atoms. The van der Waals surface area contributed by atoms with Crippen LogP contribution in [-0.4, -0.2) is 142 Å². The Morgan fingerprint density at radius 3 is 1.42 bits per heavy atom. The van der Waals surface area contributed by atoms with E-state index >= 15 is 0 Å². The Hall–Kier alpha value is -1.76. The zero-order valence-electron chi connectivity index (χ0n) is 40.2. The first-order chi connectivity index (χ1) is 31.5. The normalized spacial score (nSPS) is 26.4. The molecule has 15 heteroatoms. The molecule has 7 N–H and O–H groups in total. The molecule has 2 fully saturated rings. The molecule has 2 saturated heterocycles. The number of hydrogen-bond acceptors (Lipinski definition) is 15. The van der Waals surface area contributed by atoms with E-state index in [1.807, 2.05) is 0 Å². The van der Waals surface area contributed by atoms with E-state index in [9.17, 15) is 45.3 Å². The van der Waals surface area contributed by atoms with Crippen LogP contribution in [0.2, 0.25) is 0 Å². The Morgan fingerprint density at radius 2 is 0.908 bits per heavy atom. The summed E-state index contributed by atoms with van der Waals surface area (Å²) < 4.78 is 33.5. The molecule has 382 valence electrons. The van der Waals surface area contributed by atoms with Crippen LogP contribution < -0.4 is 0 Å². The molecular weight excluding hydrogens is 841 g/mol. The van der Waals surface area contributed by atoms with Crippen LogP contribution in [0.3, 0.4) is 0 Å². The third-order valence-electron chi connectivity index (χ3n) is 12.5. The van der Waals surface area contributed by atoms with E-state index in [-0.39, 0.29) is 26.1 Å². The summed E-state index contributed by atoms with van der Waals surface area (Å²) >= 11 is 0. The van der Waals surface area contributed by atoms with Gasteiger partial charge in [0.25, 0.3) is 0 Å². The van der Waals surface area contributed by atoms with Crippen molar-refractivity contribution in [3.8, 4) is 0 Å². The molecule has 0 aromatic carbocycles. The van der Waals surface area contributed by atoms with E-state index in [0.717, 1.165) is 64.2 Å². The second kappa shape index (κ2) is 38.1. The van der Waals surface area contributed by atoms with Crippen LogP contribution >= 0.6 is 0 Å². The van der Waals surface area contributed by atoms with Crippen molar-refractivity contribution < 1.29 is 73.8 Å². The van der Waals surface area contributed by atoms with Gasteiger partial charge in [-0.15, -0.1) is 0 Å². The fourth-order valence-corrected chi connectivity index (χ4v) is 8.22. The third-order valence-corrected chi connectivity index (χ3v) is 12.5. The number of aliphatic hydroxyl groups excluding tert-OH is 7. The smallest absolute Gasteiger partial charge is 0.306 e. The summed E-state index contributed by atoms with van der Waals surface area (Å²) in [5.74, 6) is -0.928. The van der Waals surface area contributed by atoms with Gasteiger partial charge in [0.1, 0.15) is 55.4 Å². The Balaban J connectivity index is 1.76. The molecular formula is C50H92O15. The van der Waals surface area contributed by atoms with Gasteiger partial charge in [0.15, 0.2) is 18.7 Å². The minimum atomic E-state index is -1.76. The van der Waals surface area contributed by atoms with Crippen LogP contribution in [-0.2, 0) is 38.0 Å². The van der Waals surface area contributed by atoms with Crippen molar-refractivity contribution >= 4 is 11.9 Å². The molecule has 0 aliphatic carbocycles. The van der Waals surface area contributed by atoms with Crippen LogP contribution in [0.1, 0.15) is 200 Å². The highest BCUT2D eigenvalue weighted by atomic mass is 16.7. The van der Waals surface area contributed by atoms with Gasteiger partial charge in [0.05, 0.1) is 19.8 Å². The zero-order valence-corrected chi connectivity index (χ0v) is 40.2. The third kappa shape index (κ3) is 26.5. The van der Waals surface area contributed by atoms with Crippen LogP contribution in [0.25, 0.3) is 0 Å². The first-order valence-corrected chi connectivity index (χ1v) is 25.8. The maximum Gasteiger partial charge on any atom is 0.306 e. The molecule has 2 aliphatic heterocycles. The van der Waals surface area contributed by atoms with Gasteiger partial charge in [0, 0.05) is 12.8 Å². The first kappa shape index (κ1) is 59.4. The predicted molar refractivity (Wildman–Crippen MR) is 248 cm³/mol. The maximum atomic E-state index is 12.9. The van der Waals surface area contributed by atoms with Crippen molar-refractivity contribution in [1.82, 2.24) is 0 Å². The number of hydrogen-bond donors (Lipinski definition) is 7. The topological polar surface area (TPSA) is 231 Å². The summed E-state index contributed by atoms with van der Waals surface area (Å²) in [5.41, 5.74) is 0. The molecule has 0 aromatic rings. The van der Waals surface area contributed by atoms with Crippen LogP contribution in [0.15, 0.2) is 12.2 Å². The average molecular weight is 933 g/mol. The Morgan fingerprint density at radius 1 is 0.477 bits per heavy atom. The summed E-state index contributed by atoms with van der Waals surface area (Å²) in [6, 6.07) is 0. The first-order valence-electron chi connectivity index (χ1n) is 25.8. The van der Waals surface area contributed by atoms with Crippen molar-refractivity contribution in [1.29, 1.82) is 0 Å². The lowest BCUT2D eigenvalue weighted by Crippen LogP contribution is -2.61. The lowest BCUT2D eigenvalue weighted by atomic mass is 9.98. The minimum absolute atomic E-state index is 0.158. The number of carbonyl (C=O) groups is 2. The molecule has 11 unspecified atom stereocenters. The van der Waals surface area contributed by atoms with Gasteiger partial charge in [0.2, 0.25) is 0 Å². The standard InChI is InChI=1S/C50H92O15/c1-3-5-7-9-11-13-15-16-17-18-19-20-21-22-23-25-26-28-30-32-41(52)60-35-38(63-42(53)33-31-29-27-24-14-12-10-8-6-4-2)36-61-49-48(59)46(57)44(55)40(65-49)37-62-50-47(58)45(56)43(54)39(34-51)64-50/h8,10,38-40,43-51,54-59H,3-7,9,11-37H2,1-2H3/b10-8-. The lowest BCUT2D eigenvalue weighted by molar-refractivity contribution is -0.332. The second-order valence-corrected chi connectivity index (χ2v) is 18.4. The number of aliphatic hydroxyl groups is 7. The molecule has 11 atom stereocenters. The average Bonchev–Trinajstić information content (AvgIpc) is 3.30. The van der Waals surface area contributed by atoms with Crippen molar-refractivity contribution in [2.75, 3.05) is 26.4 Å².